The molecule has 0 nitrogen and oxygen atoms in total. The van der Waals surface area contributed by atoms with E-state index < -0.39 is 0 Å². The molecule has 0 aliphatic heterocycles. The number of hydrogen-bond acceptors (Lipinski definition) is 0. The van der Waals surface area contributed by atoms with Crippen molar-refractivity contribution in [3.05, 3.63) is 89.5 Å². The molecule has 3 atom stereocenters. The van der Waals surface area contributed by atoms with Gasteiger partial charge in [0.05, 0.1) is 0 Å². The van der Waals surface area contributed by atoms with Crippen molar-refractivity contribution in [3.8, 4) is 0 Å². The topological polar surface area (TPSA) is 0 Å². The Hall–Kier alpha value is -0.470. The zero-order valence-electron chi connectivity index (χ0n) is 17.6. The van der Waals surface area contributed by atoms with Crippen molar-refractivity contribution in [2.24, 2.45) is 0 Å². The van der Waals surface area contributed by atoms with Gasteiger partial charge in [-0.1, -0.05) is 93.6 Å². The summed E-state index contributed by atoms with van der Waals surface area (Å²) in [7, 11) is 8.02. The molecular weight excluding hydrogens is 452 g/mol. The quantitative estimate of drug-likeness (QED) is 0.392. The molecule has 0 aliphatic carbocycles. The number of benzene rings is 3. The third-order valence-corrected chi connectivity index (χ3v) is 5.32. The van der Waals surface area contributed by atoms with Crippen molar-refractivity contribution in [3.63, 3.8) is 0 Å². The average molecular weight is 487 g/mol. The minimum atomic E-state index is 0. The van der Waals surface area contributed by atoms with Crippen LogP contribution in [-0.2, 0) is 19.3 Å². The minimum Gasteiger partial charge on any atom is -0.147 e. The summed E-state index contributed by atoms with van der Waals surface area (Å²) in [6, 6.07) is 25.6. The Morgan fingerprint density at radius 3 is 0.724 bits per heavy atom. The fraction of sp³-hybridized carbons (Fsp3) is 0.250. The summed E-state index contributed by atoms with van der Waals surface area (Å²) in [6.07, 6.45) is 3.39. The zero-order valence-corrected chi connectivity index (χ0v) is 22.7. The Balaban J connectivity index is 0. The second-order valence-electron chi connectivity index (χ2n) is 6.29. The van der Waals surface area contributed by atoms with E-state index in [1.807, 2.05) is 0 Å². The highest BCUT2D eigenvalue weighted by Gasteiger charge is 1.86. The Morgan fingerprint density at radius 1 is 0.414 bits per heavy atom. The van der Waals surface area contributed by atoms with Crippen LogP contribution in [-0.4, -0.2) is 0 Å². The van der Waals surface area contributed by atoms with Gasteiger partial charge in [-0.3, -0.25) is 0 Å². The first-order valence-corrected chi connectivity index (χ1v) is 11.2. The van der Waals surface area contributed by atoms with Crippen LogP contribution in [0, 0.1) is 0 Å². The minimum absolute atomic E-state index is 0. The van der Waals surface area contributed by atoms with Crippen LogP contribution >= 0.6 is 52.5 Å². The summed E-state index contributed by atoms with van der Waals surface area (Å²) in [5.41, 5.74) is 4.21. The number of halogens is 2. The third kappa shape index (κ3) is 14.2. The van der Waals surface area contributed by atoms with Gasteiger partial charge in [-0.25, -0.2) is 0 Å². The van der Waals surface area contributed by atoms with E-state index in [1.54, 1.807) is 0 Å². The molecule has 3 aromatic carbocycles. The maximum atomic E-state index is 2.67. The molecule has 0 saturated carbocycles. The van der Waals surface area contributed by atoms with E-state index in [4.69, 9.17) is 0 Å². The standard InChI is InChI=1S/3C8H11P.2ClH/c3*1-2-7-3-5-8(9)6-4-7;;/h3*3-6H,2,9H2,1H3;2*1H. The van der Waals surface area contributed by atoms with Gasteiger partial charge < -0.3 is 0 Å². The van der Waals surface area contributed by atoms with Crippen LogP contribution in [0.1, 0.15) is 37.5 Å². The molecule has 0 radical (unpaired) electrons. The molecule has 0 saturated heterocycles. The molecule has 3 aromatic rings. The fourth-order valence-electron chi connectivity index (χ4n) is 2.26. The molecule has 0 amide bonds. The number of hydrogen-bond donors (Lipinski definition) is 0. The predicted octanol–water partition coefficient (Wildman–Crippen LogP) is 6.09. The van der Waals surface area contributed by atoms with Gasteiger partial charge in [0.2, 0.25) is 0 Å². The average Bonchev–Trinajstić information content (AvgIpc) is 2.71. The van der Waals surface area contributed by atoms with E-state index in [2.05, 4.69) is 121 Å². The summed E-state index contributed by atoms with van der Waals surface area (Å²) < 4.78 is 0. The molecular formula is C24H35Cl2P3. The lowest BCUT2D eigenvalue weighted by atomic mass is 10.2. The maximum Gasteiger partial charge on any atom is -0.0302 e. The lowest BCUT2D eigenvalue weighted by Crippen LogP contribution is -1.88. The molecule has 0 spiro atoms. The second kappa shape index (κ2) is 18.3. The van der Waals surface area contributed by atoms with E-state index in [0.29, 0.717) is 0 Å². The lowest BCUT2D eigenvalue weighted by molar-refractivity contribution is 1.14. The van der Waals surface area contributed by atoms with Crippen LogP contribution < -0.4 is 15.9 Å². The highest BCUT2D eigenvalue weighted by Crippen LogP contribution is 2.00. The normalized spacial score (nSPS) is 8.90. The van der Waals surface area contributed by atoms with Crippen LogP contribution in [0.15, 0.2) is 72.8 Å². The highest BCUT2D eigenvalue weighted by molar-refractivity contribution is 7.27. The van der Waals surface area contributed by atoms with Gasteiger partial charge in [0.1, 0.15) is 0 Å². The van der Waals surface area contributed by atoms with Crippen LogP contribution in [0.5, 0.6) is 0 Å². The van der Waals surface area contributed by atoms with Crippen molar-refractivity contribution in [2.45, 2.75) is 40.0 Å². The third-order valence-electron chi connectivity index (χ3n) is 4.16. The van der Waals surface area contributed by atoms with Gasteiger partial charge in [0.15, 0.2) is 0 Å². The molecule has 160 valence electrons. The molecule has 3 unspecified atom stereocenters. The molecule has 0 N–H and O–H groups in total. The van der Waals surface area contributed by atoms with E-state index in [0.717, 1.165) is 19.3 Å². The smallest absolute Gasteiger partial charge is 0.0302 e. The van der Waals surface area contributed by atoms with Gasteiger partial charge >= 0.3 is 0 Å². The fourth-order valence-corrected chi connectivity index (χ4v) is 2.84. The van der Waals surface area contributed by atoms with Crippen molar-refractivity contribution >= 4 is 68.4 Å². The van der Waals surface area contributed by atoms with Crippen LogP contribution in [0.3, 0.4) is 0 Å². The molecule has 0 heterocycles. The van der Waals surface area contributed by atoms with Crippen molar-refractivity contribution < 1.29 is 0 Å². The molecule has 29 heavy (non-hydrogen) atoms. The summed E-state index contributed by atoms with van der Waals surface area (Å²) in [5.74, 6) is 0. The highest BCUT2D eigenvalue weighted by atomic mass is 35.5. The van der Waals surface area contributed by atoms with Gasteiger partial charge in [-0.05, 0) is 51.9 Å². The Labute approximate surface area is 197 Å². The predicted molar refractivity (Wildman–Crippen MR) is 150 cm³/mol. The molecule has 0 fully saturated rings. The van der Waals surface area contributed by atoms with Gasteiger partial charge in [0, 0.05) is 0 Å². The van der Waals surface area contributed by atoms with Gasteiger partial charge in [-0.2, -0.15) is 0 Å². The first-order valence-electron chi connectivity index (χ1n) is 9.51. The molecule has 0 aliphatic rings. The largest absolute Gasteiger partial charge is 0.147 e. The SMILES string of the molecule is CCc1ccc(P)cc1.CCc1ccc(P)cc1.CCc1ccc(P)cc1.Cl.Cl. The van der Waals surface area contributed by atoms with Crippen molar-refractivity contribution in [1.29, 1.82) is 0 Å². The Morgan fingerprint density at radius 2 is 0.586 bits per heavy atom. The second-order valence-corrected chi connectivity index (χ2v) is 8.29. The summed E-state index contributed by atoms with van der Waals surface area (Å²) >= 11 is 0. The zero-order chi connectivity index (χ0) is 20.1. The maximum absolute atomic E-state index is 2.67. The van der Waals surface area contributed by atoms with E-state index in [9.17, 15) is 0 Å². The van der Waals surface area contributed by atoms with Gasteiger partial charge in [0.25, 0.3) is 0 Å². The van der Waals surface area contributed by atoms with Crippen LogP contribution in [0.4, 0.5) is 0 Å². The van der Waals surface area contributed by atoms with Crippen LogP contribution in [0.25, 0.3) is 0 Å². The Kier molecular flexibility index (Phi) is 19.4. The molecule has 0 bridgehead atoms. The Bertz CT molecular complexity index is 647. The summed E-state index contributed by atoms with van der Waals surface area (Å²) in [4.78, 5) is 0. The summed E-state index contributed by atoms with van der Waals surface area (Å²) in [5, 5.41) is 3.77. The lowest BCUT2D eigenvalue weighted by Gasteiger charge is -1.94. The summed E-state index contributed by atoms with van der Waals surface area (Å²) in [6.45, 7) is 6.49. The molecule has 0 aromatic heterocycles. The van der Waals surface area contributed by atoms with Crippen molar-refractivity contribution in [2.75, 3.05) is 0 Å². The van der Waals surface area contributed by atoms with E-state index >= 15 is 0 Å². The number of aryl methyl sites for hydroxylation is 3. The molecule has 3 rings (SSSR count). The molecule has 5 heteroatoms. The van der Waals surface area contributed by atoms with Crippen LogP contribution in [0.2, 0.25) is 0 Å². The monoisotopic (exact) mass is 486 g/mol. The van der Waals surface area contributed by atoms with Crippen molar-refractivity contribution in [1.82, 2.24) is 0 Å². The van der Waals surface area contributed by atoms with Gasteiger partial charge in [-0.15, -0.1) is 52.5 Å². The first-order chi connectivity index (χ1) is 13.0. The number of rotatable bonds is 3. The van der Waals surface area contributed by atoms with E-state index in [1.165, 1.54) is 32.6 Å². The van der Waals surface area contributed by atoms with E-state index in [-0.39, 0.29) is 24.8 Å². The first kappa shape index (κ1) is 30.7.